The van der Waals surface area contributed by atoms with Crippen molar-refractivity contribution in [2.75, 3.05) is 0 Å². The van der Waals surface area contributed by atoms with Crippen molar-refractivity contribution >= 4 is 29.4 Å². The number of amides is 1. The van der Waals surface area contributed by atoms with Gasteiger partial charge in [-0.25, -0.2) is 0 Å². The highest BCUT2D eigenvalue weighted by molar-refractivity contribution is 6.34. The van der Waals surface area contributed by atoms with Crippen molar-refractivity contribution < 1.29 is 4.79 Å². The molecule has 0 radical (unpaired) electrons. The summed E-state index contributed by atoms with van der Waals surface area (Å²) in [6, 6.07) is 4.73. The Morgan fingerprint density at radius 2 is 2.20 bits per heavy atom. The van der Waals surface area contributed by atoms with Crippen LogP contribution in [0.3, 0.4) is 0 Å². The molecule has 0 aliphatic rings. The van der Waals surface area contributed by atoms with Gasteiger partial charge in [-0.1, -0.05) is 11.6 Å². The number of carbonyl (C=O) groups excluding carboxylic acids is 1. The van der Waals surface area contributed by atoms with Crippen molar-refractivity contribution in [2.45, 2.75) is 0 Å². The number of allylic oxidation sites excluding steroid dienone is 1. The lowest BCUT2D eigenvalue weighted by Crippen LogP contribution is -2.11. The highest BCUT2D eigenvalue weighted by atomic mass is 35.5. The van der Waals surface area contributed by atoms with E-state index in [0.29, 0.717) is 5.69 Å². The number of aliphatic imine (C=N–C) groups is 1. The minimum Gasteiger partial charge on any atom is -0.405 e. The van der Waals surface area contributed by atoms with Gasteiger partial charge in [0.15, 0.2) is 0 Å². The molecule has 1 amide bonds. The number of halogens is 1. The smallest absolute Gasteiger partial charge is 0.250 e. The van der Waals surface area contributed by atoms with E-state index < -0.39 is 5.91 Å². The number of carbonyl (C=O) groups is 1. The van der Waals surface area contributed by atoms with Gasteiger partial charge in [0.2, 0.25) is 5.91 Å². The molecule has 0 saturated heterocycles. The van der Waals surface area contributed by atoms with Crippen molar-refractivity contribution in [3.63, 3.8) is 0 Å². The third-order valence-electron chi connectivity index (χ3n) is 1.64. The van der Waals surface area contributed by atoms with Gasteiger partial charge in [0.1, 0.15) is 0 Å². The molecule has 0 aromatic heterocycles. The Labute approximate surface area is 92.2 Å². The second-order valence-corrected chi connectivity index (χ2v) is 3.10. The highest BCUT2D eigenvalue weighted by Gasteiger charge is 2.05. The molecule has 0 heterocycles. The molecule has 4 N–H and O–H groups in total. The predicted molar refractivity (Wildman–Crippen MR) is 61.4 cm³/mol. The van der Waals surface area contributed by atoms with Crippen molar-refractivity contribution in [1.29, 1.82) is 0 Å². The molecule has 15 heavy (non-hydrogen) atoms. The Kier molecular flexibility index (Phi) is 3.88. The molecule has 0 unspecified atom stereocenters. The van der Waals surface area contributed by atoms with Crippen LogP contribution in [0.4, 0.5) is 5.69 Å². The molecule has 0 bridgehead atoms. The minimum atomic E-state index is -0.558. The molecule has 4 nitrogen and oxygen atoms in total. The third kappa shape index (κ3) is 3.11. The molecular formula is C10H10ClN3O. The molecule has 0 aliphatic heterocycles. The number of hydrogen-bond acceptors (Lipinski definition) is 3. The third-order valence-corrected chi connectivity index (χ3v) is 1.95. The van der Waals surface area contributed by atoms with Crippen molar-refractivity contribution in [1.82, 2.24) is 0 Å². The largest absolute Gasteiger partial charge is 0.405 e. The normalized spacial score (nSPS) is 11.3. The lowest BCUT2D eigenvalue weighted by Gasteiger charge is -1.99. The monoisotopic (exact) mass is 223 g/mol. The first kappa shape index (κ1) is 11.3. The van der Waals surface area contributed by atoms with Crippen molar-refractivity contribution in [2.24, 2.45) is 16.5 Å². The van der Waals surface area contributed by atoms with E-state index in [0.717, 1.165) is 0 Å². The van der Waals surface area contributed by atoms with Crippen LogP contribution in [0.15, 0.2) is 35.5 Å². The maximum atomic E-state index is 10.9. The molecular weight excluding hydrogens is 214 g/mol. The predicted octanol–water partition coefficient (Wildman–Crippen LogP) is 1.61. The Morgan fingerprint density at radius 1 is 1.47 bits per heavy atom. The zero-order chi connectivity index (χ0) is 11.3. The first-order valence-electron chi connectivity index (χ1n) is 4.15. The fourth-order valence-electron chi connectivity index (χ4n) is 0.963. The molecule has 0 saturated carbocycles. The van der Waals surface area contributed by atoms with Gasteiger partial charge in [0, 0.05) is 6.21 Å². The molecule has 1 rings (SSSR count). The first-order chi connectivity index (χ1) is 7.15. The molecule has 78 valence electrons. The van der Waals surface area contributed by atoms with Gasteiger partial charge < -0.3 is 11.5 Å². The summed E-state index contributed by atoms with van der Waals surface area (Å²) in [4.78, 5) is 14.9. The van der Waals surface area contributed by atoms with Gasteiger partial charge in [0.05, 0.1) is 16.3 Å². The average Bonchev–Trinajstić information content (AvgIpc) is 2.17. The second kappa shape index (κ2) is 5.17. The fourth-order valence-corrected chi connectivity index (χ4v) is 1.23. The zero-order valence-corrected chi connectivity index (χ0v) is 8.61. The van der Waals surface area contributed by atoms with Gasteiger partial charge in [0.25, 0.3) is 0 Å². The highest BCUT2D eigenvalue weighted by Crippen LogP contribution is 2.22. The van der Waals surface area contributed by atoms with E-state index in [1.54, 1.807) is 18.2 Å². The topological polar surface area (TPSA) is 81.5 Å². The Bertz CT molecular complexity index is 427. The molecule has 1 aromatic carbocycles. The molecule has 0 aliphatic carbocycles. The van der Waals surface area contributed by atoms with E-state index in [1.807, 2.05) is 0 Å². The van der Waals surface area contributed by atoms with Gasteiger partial charge in [-0.05, 0) is 30.5 Å². The van der Waals surface area contributed by atoms with Gasteiger partial charge in [-0.3, -0.25) is 9.79 Å². The molecule has 1 aromatic rings. The number of hydrogen-bond donors (Lipinski definition) is 2. The van der Waals surface area contributed by atoms with E-state index >= 15 is 0 Å². The van der Waals surface area contributed by atoms with Crippen LogP contribution in [0, 0.1) is 0 Å². The summed E-state index contributed by atoms with van der Waals surface area (Å²) in [5.41, 5.74) is 11.1. The van der Waals surface area contributed by atoms with Crippen LogP contribution >= 0.6 is 11.6 Å². The van der Waals surface area contributed by atoms with Crippen molar-refractivity contribution in [3.8, 4) is 0 Å². The van der Waals surface area contributed by atoms with Crippen LogP contribution in [0.5, 0.6) is 0 Å². The summed E-state index contributed by atoms with van der Waals surface area (Å²) in [6.07, 6.45) is 4.47. The minimum absolute atomic E-state index is 0.282. The molecule has 0 atom stereocenters. The Morgan fingerprint density at radius 3 is 2.73 bits per heavy atom. The molecule has 0 spiro atoms. The summed E-state index contributed by atoms with van der Waals surface area (Å²) >= 11 is 5.82. The van der Waals surface area contributed by atoms with E-state index in [-0.39, 0.29) is 10.6 Å². The van der Waals surface area contributed by atoms with Crippen LogP contribution in [-0.2, 0) is 0 Å². The van der Waals surface area contributed by atoms with E-state index in [1.165, 1.54) is 18.5 Å². The lowest BCUT2D eigenvalue weighted by atomic mass is 10.2. The fraction of sp³-hybridized carbons (Fsp3) is 0. The van der Waals surface area contributed by atoms with Gasteiger partial charge in [-0.2, -0.15) is 0 Å². The van der Waals surface area contributed by atoms with Crippen LogP contribution in [-0.4, -0.2) is 12.1 Å². The maximum Gasteiger partial charge on any atom is 0.250 e. The number of nitrogens with zero attached hydrogens (tertiary/aromatic N) is 1. The van der Waals surface area contributed by atoms with E-state index in [4.69, 9.17) is 23.1 Å². The number of benzene rings is 1. The van der Waals surface area contributed by atoms with E-state index in [9.17, 15) is 4.79 Å². The number of primary amides is 1. The van der Waals surface area contributed by atoms with Crippen LogP contribution in [0.1, 0.15) is 10.4 Å². The van der Waals surface area contributed by atoms with Crippen molar-refractivity contribution in [3.05, 3.63) is 41.1 Å². The number of rotatable bonds is 3. The summed E-state index contributed by atoms with van der Waals surface area (Å²) in [5.74, 6) is -0.558. The van der Waals surface area contributed by atoms with Crippen LogP contribution in [0.2, 0.25) is 5.02 Å². The Balaban J connectivity index is 2.96. The lowest BCUT2D eigenvalue weighted by molar-refractivity contribution is 0.100. The SMILES string of the molecule is NC=CC=Nc1ccc(C(N)=O)c(Cl)c1. The second-order valence-electron chi connectivity index (χ2n) is 2.69. The Hall–Kier alpha value is -1.81. The van der Waals surface area contributed by atoms with Crippen LogP contribution in [0.25, 0.3) is 0 Å². The maximum absolute atomic E-state index is 10.9. The molecule has 5 heteroatoms. The zero-order valence-electron chi connectivity index (χ0n) is 7.85. The van der Waals surface area contributed by atoms with Gasteiger partial charge >= 0.3 is 0 Å². The van der Waals surface area contributed by atoms with Gasteiger partial charge in [-0.15, -0.1) is 0 Å². The number of nitrogens with two attached hydrogens (primary N) is 2. The quantitative estimate of drug-likeness (QED) is 0.764. The van der Waals surface area contributed by atoms with E-state index in [2.05, 4.69) is 4.99 Å². The summed E-state index contributed by atoms with van der Waals surface area (Å²) in [7, 11) is 0. The summed E-state index contributed by atoms with van der Waals surface area (Å²) in [5, 5.41) is 0.286. The first-order valence-corrected chi connectivity index (χ1v) is 4.53. The summed E-state index contributed by atoms with van der Waals surface area (Å²) < 4.78 is 0. The average molecular weight is 224 g/mol. The summed E-state index contributed by atoms with van der Waals surface area (Å²) in [6.45, 7) is 0. The van der Waals surface area contributed by atoms with Crippen LogP contribution < -0.4 is 11.5 Å². The molecule has 0 fully saturated rings. The standard InChI is InChI=1S/C10H10ClN3O/c11-9-6-7(14-5-1-4-12)2-3-8(9)10(13)15/h1-6H,12H2,(H2,13,15).